The molecule has 20 heavy (non-hydrogen) atoms. The number of aliphatic imine (C=N–C) groups is 1. The summed E-state index contributed by atoms with van der Waals surface area (Å²) in [6.45, 7) is 14.3. The third-order valence-corrected chi connectivity index (χ3v) is 2.67. The molecular formula is C15H28N4O. The summed E-state index contributed by atoms with van der Waals surface area (Å²) < 4.78 is 7.67. The summed E-state index contributed by atoms with van der Waals surface area (Å²) in [6, 6.07) is 0. The zero-order valence-corrected chi connectivity index (χ0v) is 13.8. The van der Waals surface area contributed by atoms with Crippen LogP contribution in [-0.2, 0) is 7.05 Å². The Morgan fingerprint density at radius 1 is 1.55 bits per heavy atom. The topological polar surface area (TPSA) is 51.4 Å². The molecule has 1 heterocycles. The van der Waals surface area contributed by atoms with Crippen molar-refractivity contribution in [2.24, 2.45) is 12.0 Å². The van der Waals surface area contributed by atoms with Gasteiger partial charge in [0.15, 0.2) is 0 Å². The molecule has 0 radical (unpaired) electrons. The lowest BCUT2D eigenvalue weighted by Crippen LogP contribution is -2.27. The molecule has 0 fully saturated rings. The summed E-state index contributed by atoms with van der Waals surface area (Å²) in [5.74, 6) is 0.732. The fourth-order valence-corrected chi connectivity index (χ4v) is 1.90. The Kier molecular flexibility index (Phi) is 8.56. The predicted octanol–water partition coefficient (Wildman–Crippen LogP) is 2.80. The first-order valence-corrected chi connectivity index (χ1v) is 7.03. The lowest BCUT2D eigenvalue weighted by Gasteiger charge is -2.15. The molecule has 1 unspecified atom stereocenters. The Morgan fingerprint density at radius 3 is 2.60 bits per heavy atom. The molecule has 0 aromatic carbocycles. The first-order valence-electron chi connectivity index (χ1n) is 7.03. The zero-order valence-electron chi connectivity index (χ0n) is 13.8. The van der Waals surface area contributed by atoms with Crippen molar-refractivity contribution in [3.05, 3.63) is 17.3 Å². The summed E-state index contributed by atoms with van der Waals surface area (Å²) in [5, 5.41) is 7.47. The van der Waals surface area contributed by atoms with Gasteiger partial charge in [0.05, 0.1) is 17.0 Å². The third-order valence-electron chi connectivity index (χ3n) is 2.67. The Morgan fingerprint density at radius 2 is 2.15 bits per heavy atom. The second kappa shape index (κ2) is 9.31. The van der Waals surface area contributed by atoms with Crippen LogP contribution in [0.5, 0.6) is 5.88 Å². The number of aryl methyl sites for hydroxylation is 2. The first kappa shape index (κ1) is 18.4. The highest BCUT2D eigenvalue weighted by molar-refractivity contribution is 5.72. The van der Waals surface area contributed by atoms with E-state index in [1.807, 2.05) is 54.8 Å². The van der Waals surface area contributed by atoms with Gasteiger partial charge in [-0.05, 0) is 34.5 Å². The Balaban J connectivity index is 0.00000172. The monoisotopic (exact) mass is 280 g/mol. The smallest absolute Gasteiger partial charge is 0.221 e. The molecule has 0 saturated heterocycles. The van der Waals surface area contributed by atoms with Crippen molar-refractivity contribution in [1.82, 2.24) is 15.1 Å². The van der Waals surface area contributed by atoms with Gasteiger partial charge in [0.1, 0.15) is 6.10 Å². The van der Waals surface area contributed by atoms with Gasteiger partial charge in [-0.25, -0.2) is 4.68 Å². The number of nitrogens with zero attached hydrogens (tertiary/aromatic N) is 3. The van der Waals surface area contributed by atoms with E-state index in [0.717, 1.165) is 29.4 Å². The lowest BCUT2D eigenvalue weighted by atomic mass is 10.2. The first-order chi connectivity index (χ1) is 9.54. The number of rotatable bonds is 6. The van der Waals surface area contributed by atoms with Crippen LogP contribution < -0.4 is 10.1 Å². The molecule has 0 amide bonds. The molecule has 0 aliphatic heterocycles. The molecule has 1 atom stereocenters. The predicted molar refractivity (Wildman–Crippen MR) is 86.5 cm³/mol. The van der Waals surface area contributed by atoms with Gasteiger partial charge in [-0.1, -0.05) is 19.9 Å². The lowest BCUT2D eigenvalue weighted by molar-refractivity contribution is 0.201. The van der Waals surface area contributed by atoms with Crippen molar-refractivity contribution in [1.29, 1.82) is 0 Å². The molecule has 5 nitrogen and oxygen atoms in total. The Labute approximate surface area is 122 Å². The van der Waals surface area contributed by atoms with Crippen LogP contribution in [0.4, 0.5) is 0 Å². The van der Waals surface area contributed by atoms with E-state index in [0.29, 0.717) is 0 Å². The number of aromatic nitrogens is 2. The fraction of sp³-hybridized carbons (Fsp3) is 0.600. The maximum absolute atomic E-state index is 5.93. The van der Waals surface area contributed by atoms with E-state index >= 15 is 0 Å². The average Bonchev–Trinajstić information content (AvgIpc) is 2.70. The number of allylic oxidation sites excluding steroid dienone is 1. The standard InChI is InChI=1S/C13H22N4O.C2H6/c1-7-11(15-5)12-10(3)16-17(6)13(12)18-9(2)8-14-4;1-2/h7,9,14H,5,8H2,1-4,6H3;1-2H3/b11-7-;. The number of hydrogen-bond acceptors (Lipinski definition) is 4. The van der Waals surface area contributed by atoms with E-state index in [2.05, 4.69) is 22.1 Å². The number of hydrogen-bond donors (Lipinski definition) is 1. The quantitative estimate of drug-likeness (QED) is 0.815. The van der Waals surface area contributed by atoms with Crippen LogP contribution in [0.3, 0.4) is 0 Å². The zero-order chi connectivity index (χ0) is 15.7. The van der Waals surface area contributed by atoms with E-state index in [1.54, 1.807) is 4.68 Å². The normalized spacial score (nSPS) is 12.4. The SMILES string of the molecule is C=N/C(=C\C)c1c(C)nn(C)c1OC(C)CNC.CC. The van der Waals surface area contributed by atoms with Gasteiger partial charge in [-0.3, -0.25) is 4.99 Å². The molecule has 114 valence electrons. The highest BCUT2D eigenvalue weighted by atomic mass is 16.5. The van der Waals surface area contributed by atoms with E-state index in [9.17, 15) is 0 Å². The second-order valence-electron chi connectivity index (χ2n) is 4.21. The van der Waals surface area contributed by atoms with Crippen molar-refractivity contribution in [3.8, 4) is 5.88 Å². The maximum atomic E-state index is 5.93. The van der Waals surface area contributed by atoms with Crippen molar-refractivity contribution in [3.63, 3.8) is 0 Å². The molecule has 0 spiro atoms. The van der Waals surface area contributed by atoms with Crippen LogP contribution in [-0.4, -0.2) is 36.2 Å². The van der Waals surface area contributed by atoms with Crippen LogP contribution in [0.2, 0.25) is 0 Å². The van der Waals surface area contributed by atoms with Gasteiger partial charge in [0.2, 0.25) is 5.88 Å². The van der Waals surface area contributed by atoms with E-state index in [4.69, 9.17) is 4.74 Å². The number of likely N-dealkylation sites (N-methyl/N-ethyl adjacent to an activating group) is 1. The number of nitrogens with one attached hydrogen (secondary N) is 1. The molecule has 1 aromatic rings. The molecule has 1 N–H and O–H groups in total. The van der Waals surface area contributed by atoms with Crippen LogP contribution in [0.15, 0.2) is 11.1 Å². The summed E-state index contributed by atoms with van der Waals surface area (Å²) in [7, 11) is 3.77. The van der Waals surface area contributed by atoms with Crippen molar-refractivity contribution in [2.75, 3.05) is 13.6 Å². The molecule has 0 aliphatic rings. The van der Waals surface area contributed by atoms with E-state index in [-0.39, 0.29) is 6.10 Å². The van der Waals surface area contributed by atoms with Gasteiger partial charge in [-0.15, -0.1) is 0 Å². The molecule has 1 aromatic heterocycles. The summed E-state index contributed by atoms with van der Waals surface area (Å²) in [4.78, 5) is 4.03. The van der Waals surface area contributed by atoms with Gasteiger partial charge >= 0.3 is 0 Å². The minimum Gasteiger partial charge on any atom is -0.473 e. The minimum atomic E-state index is 0.0615. The van der Waals surface area contributed by atoms with Gasteiger partial charge < -0.3 is 10.1 Å². The third kappa shape index (κ3) is 4.49. The van der Waals surface area contributed by atoms with Crippen LogP contribution in [0.1, 0.15) is 39.0 Å². The summed E-state index contributed by atoms with van der Waals surface area (Å²) in [6.07, 6.45) is 1.97. The molecule has 1 rings (SSSR count). The second-order valence-corrected chi connectivity index (χ2v) is 4.21. The highest BCUT2D eigenvalue weighted by Gasteiger charge is 2.19. The molecule has 0 saturated carbocycles. The Bertz CT molecular complexity index is 449. The van der Waals surface area contributed by atoms with Crippen molar-refractivity contribution >= 4 is 12.4 Å². The highest BCUT2D eigenvalue weighted by Crippen LogP contribution is 2.30. The van der Waals surface area contributed by atoms with Crippen LogP contribution in [0.25, 0.3) is 5.70 Å². The van der Waals surface area contributed by atoms with Crippen molar-refractivity contribution < 1.29 is 4.74 Å². The van der Waals surface area contributed by atoms with Gasteiger partial charge in [0, 0.05) is 13.6 Å². The van der Waals surface area contributed by atoms with E-state index in [1.165, 1.54) is 0 Å². The number of ether oxygens (including phenoxy) is 1. The van der Waals surface area contributed by atoms with Crippen LogP contribution >= 0.6 is 0 Å². The average molecular weight is 280 g/mol. The van der Waals surface area contributed by atoms with Gasteiger partial charge in [-0.2, -0.15) is 5.10 Å². The largest absolute Gasteiger partial charge is 0.473 e. The van der Waals surface area contributed by atoms with Gasteiger partial charge in [0.25, 0.3) is 0 Å². The van der Waals surface area contributed by atoms with Crippen LogP contribution in [0, 0.1) is 6.92 Å². The summed E-state index contributed by atoms with van der Waals surface area (Å²) in [5.41, 5.74) is 2.61. The molecule has 0 aliphatic carbocycles. The molecule has 0 bridgehead atoms. The minimum absolute atomic E-state index is 0.0615. The molecule has 5 heteroatoms. The molecular weight excluding hydrogens is 252 g/mol. The van der Waals surface area contributed by atoms with Crippen molar-refractivity contribution in [2.45, 2.75) is 40.7 Å². The fourth-order valence-electron chi connectivity index (χ4n) is 1.90. The maximum Gasteiger partial charge on any atom is 0.221 e. The van der Waals surface area contributed by atoms with E-state index < -0.39 is 0 Å². The Hall–Kier alpha value is -1.62. The summed E-state index contributed by atoms with van der Waals surface area (Å²) >= 11 is 0.